The number of nitrogens with one attached hydrogen (secondary N) is 1. The topological polar surface area (TPSA) is 21.3 Å². The molecule has 2 nitrogen and oxygen atoms in total. The average Bonchev–Trinajstić information content (AvgIpc) is 2.53. The molecular formula is C18H22BrNO. The predicted molar refractivity (Wildman–Crippen MR) is 91.5 cm³/mol. The highest BCUT2D eigenvalue weighted by atomic mass is 79.9. The van der Waals surface area contributed by atoms with Gasteiger partial charge in [-0.2, -0.15) is 0 Å². The molecule has 0 spiro atoms. The van der Waals surface area contributed by atoms with E-state index in [9.17, 15) is 0 Å². The van der Waals surface area contributed by atoms with Gasteiger partial charge in [0.2, 0.25) is 0 Å². The number of benzene rings is 2. The molecule has 0 saturated carbocycles. The zero-order chi connectivity index (χ0) is 15.1. The number of hydrogen-bond donors (Lipinski definition) is 1. The second-order valence-corrected chi connectivity index (χ2v) is 5.83. The summed E-state index contributed by atoms with van der Waals surface area (Å²) in [5.74, 6) is 0. The van der Waals surface area contributed by atoms with Crippen LogP contribution in [0.25, 0.3) is 0 Å². The van der Waals surface area contributed by atoms with Crippen molar-refractivity contribution in [1.29, 1.82) is 0 Å². The van der Waals surface area contributed by atoms with Crippen LogP contribution in [-0.4, -0.2) is 19.7 Å². The van der Waals surface area contributed by atoms with Crippen molar-refractivity contribution in [3.63, 3.8) is 0 Å². The first-order valence-corrected chi connectivity index (χ1v) is 8.12. The van der Waals surface area contributed by atoms with Crippen LogP contribution in [0.2, 0.25) is 0 Å². The summed E-state index contributed by atoms with van der Waals surface area (Å²) in [4.78, 5) is 0. The Bertz CT molecular complexity index is 544. The van der Waals surface area contributed by atoms with Crippen molar-refractivity contribution in [2.75, 3.05) is 13.7 Å². The number of ether oxygens (including phenoxy) is 1. The summed E-state index contributed by atoms with van der Waals surface area (Å²) in [7, 11) is 2.00. The molecule has 0 saturated heterocycles. The first-order chi connectivity index (χ1) is 10.3. The monoisotopic (exact) mass is 347 g/mol. The number of rotatable bonds is 7. The van der Waals surface area contributed by atoms with Gasteiger partial charge in [0.05, 0.1) is 6.10 Å². The van der Waals surface area contributed by atoms with Gasteiger partial charge in [-0.05, 0) is 37.6 Å². The van der Waals surface area contributed by atoms with Crippen LogP contribution in [0.3, 0.4) is 0 Å². The molecule has 0 heterocycles. The van der Waals surface area contributed by atoms with Crippen LogP contribution < -0.4 is 5.32 Å². The van der Waals surface area contributed by atoms with Crippen molar-refractivity contribution in [2.24, 2.45) is 0 Å². The molecule has 0 fully saturated rings. The molecule has 2 unspecified atom stereocenters. The van der Waals surface area contributed by atoms with Crippen molar-refractivity contribution in [1.82, 2.24) is 5.32 Å². The van der Waals surface area contributed by atoms with Crippen LogP contribution in [0, 0.1) is 0 Å². The van der Waals surface area contributed by atoms with E-state index in [1.54, 1.807) is 0 Å². The van der Waals surface area contributed by atoms with E-state index in [1.165, 1.54) is 11.1 Å². The minimum atomic E-state index is 0.0494. The molecule has 3 heteroatoms. The van der Waals surface area contributed by atoms with E-state index in [4.69, 9.17) is 4.74 Å². The van der Waals surface area contributed by atoms with Crippen LogP contribution in [0.4, 0.5) is 0 Å². The quantitative estimate of drug-likeness (QED) is 0.803. The molecule has 2 rings (SSSR count). The van der Waals surface area contributed by atoms with Gasteiger partial charge in [0.25, 0.3) is 0 Å². The third-order valence-corrected chi connectivity index (χ3v) is 4.38. The first kappa shape index (κ1) is 16.2. The van der Waals surface area contributed by atoms with Crippen LogP contribution in [0.5, 0.6) is 0 Å². The Labute approximate surface area is 135 Å². The van der Waals surface area contributed by atoms with Gasteiger partial charge in [-0.15, -0.1) is 0 Å². The highest BCUT2D eigenvalue weighted by molar-refractivity contribution is 9.10. The maximum atomic E-state index is 6.02. The van der Waals surface area contributed by atoms with Crippen molar-refractivity contribution in [3.8, 4) is 0 Å². The van der Waals surface area contributed by atoms with Crippen molar-refractivity contribution in [3.05, 3.63) is 70.2 Å². The van der Waals surface area contributed by atoms with Gasteiger partial charge in [-0.25, -0.2) is 0 Å². The standard InChI is InChI=1S/C18H22BrNO/c1-3-21-18(14-9-5-4-6-10-14)17(20-2)13-15-11-7-8-12-16(15)19/h4-12,17-18,20H,3,13H2,1-2H3. The van der Waals surface area contributed by atoms with Crippen molar-refractivity contribution in [2.45, 2.75) is 25.5 Å². The molecule has 2 atom stereocenters. The van der Waals surface area contributed by atoms with E-state index in [0.717, 1.165) is 10.9 Å². The van der Waals surface area contributed by atoms with Gasteiger partial charge in [-0.3, -0.25) is 0 Å². The lowest BCUT2D eigenvalue weighted by atomic mass is 9.96. The molecule has 0 aromatic heterocycles. The summed E-state index contributed by atoms with van der Waals surface area (Å²) >= 11 is 3.63. The zero-order valence-corrected chi connectivity index (χ0v) is 14.1. The second-order valence-electron chi connectivity index (χ2n) is 4.98. The minimum absolute atomic E-state index is 0.0494. The van der Waals surface area contributed by atoms with E-state index in [1.807, 2.05) is 26.1 Å². The molecule has 1 N–H and O–H groups in total. The molecular weight excluding hydrogens is 326 g/mol. The van der Waals surface area contributed by atoms with E-state index in [2.05, 4.69) is 63.7 Å². The Kier molecular flexibility index (Phi) is 6.43. The summed E-state index contributed by atoms with van der Waals surface area (Å²) in [5.41, 5.74) is 2.50. The summed E-state index contributed by atoms with van der Waals surface area (Å²) in [5, 5.41) is 3.42. The summed E-state index contributed by atoms with van der Waals surface area (Å²) in [6.07, 6.45) is 0.964. The van der Waals surface area contributed by atoms with Crippen molar-refractivity contribution >= 4 is 15.9 Å². The molecule has 2 aromatic rings. The number of hydrogen-bond acceptors (Lipinski definition) is 2. The fraction of sp³-hybridized carbons (Fsp3) is 0.333. The highest BCUT2D eigenvalue weighted by Gasteiger charge is 2.23. The molecule has 0 amide bonds. The fourth-order valence-corrected chi connectivity index (χ4v) is 2.97. The van der Waals surface area contributed by atoms with E-state index in [0.29, 0.717) is 6.61 Å². The number of likely N-dealkylation sites (N-methyl/N-ethyl adjacent to an activating group) is 1. The maximum absolute atomic E-state index is 6.02. The largest absolute Gasteiger partial charge is 0.372 e. The van der Waals surface area contributed by atoms with Crippen LogP contribution in [0.15, 0.2) is 59.1 Å². The SMILES string of the molecule is CCOC(c1ccccc1)C(Cc1ccccc1Br)NC. The highest BCUT2D eigenvalue weighted by Crippen LogP contribution is 2.26. The second kappa shape index (κ2) is 8.32. The Morgan fingerprint density at radius 1 is 1.05 bits per heavy atom. The Morgan fingerprint density at radius 3 is 2.33 bits per heavy atom. The Balaban J connectivity index is 2.22. The number of halogens is 1. The van der Waals surface area contributed by atoms with Crippen LogP contribution in [-0.2, 0) is 11.2 Å². The van der Waals surface area contributed by atoms with Gasteiger partial charge in [0, 0.05) is 17.1 Å². The zero-order valence-electron chi connectivity index (χ0n) is 12.6. The molecule has 21 heavy (non-hydrogen) atoms. The van der Waals surface area contributed by atoms with Crippen molar-refractivity contribution < 1.29 is 4.74 Å². The molecule has 0 aliphatic carbocycles. The van der Waals surface area contributed by atoms with E-state index < -0.39 is 0 Å². The molecule has 0 aliphatic heterocycles. The summed E-state index contributed by atoms with van der Waals surface area (Å²) in [6.45, 7) is 2.74. The van der Waals surface area contributed by atoms with Gasteiger partial charge >= 0.3 is 0 Å². The molecule has 112 valence electrons. The lowest BCUT2D eigenvalue weighted by Gasteiger charge is -2.27. The van der Waals surface area contributed by atoms with Gasteiger partial charge in [0.15, 0.2) is 0 Å². The third-order valence-electron chi connectivity index (χ3n) is 3.61. The molecule has 0 aliphatic rings. The fourth-order valence-electron chi connectivity index (χ4n) is 2.53. The van der Waals surface area contributed by atoms with Gasteiger partial charge in [0.1, 0.15) is 0 Å². The third kappa shape index (κ3) is 4.40. The van der Waals surface area contributed by atoms with E-state index >= 15 is 0 Å². The smallest absolute Gasteiger partial charge is 0.0980 e. The first-order valence-electron chi connectivity index (χ1n) is 7.33. The maximum Gasteiger partial charge on any atom is 0.0980 e. The normalized spacial score (nSPS) is 13.9. The van der Waals surface area contributed by atoms with Crippen LogP contribution >= 0.6 is 15.9 Å². The van der Waals surface area contributed by atoms with Crippen LogP contribution in [0.1, 0.15) is 24.2 Å². The Hall–Kier alpha value is -1.16. The van der Waals surface area contributed by atoms with Gasteiger partial charge < -0.3 is 10.1 Å². The lowest BCUT2D eigenvalue weighted by Crippen LogP contribution is -2.35. The molecule has 0 radical (unpaired) electrons. The summed E-state index contributed by atoms with van der Waals surface area (Å²) in [6, 6.07) is 19.0. The Morgan fingerprint density at radius 2 is 1.71 bits per heavy atom. The average molecular weight is 348 g/mol. The van der Waals surface area contributed by atoms with Gasteiger partial charge in [-0.1, -0.05) is 64.5 Å². The lowest BCUT2D eigenvalue weighted by molar-refractivity contribution is 0.0352. The minimum Gasteiger partial charge on any atom is -0.372 e. The van der Waals surface area contributed by atoms with E-state index in [-0.39, 0.29) is 12.1 Å². The molecule has 2 aromatic carbocycles. The predicted octanol–water partition coefficient (Wildman–Crippen LogP) is 4.36. The molecule has 0 bridgehead atoms. The summed E-state index contributed by atoms with van der Waals surface area (Å²) < 4.78 is 7.16.